The van der Waals surface area contributed by atoms with Crippen molar-refractivity contribution in [1.82, 2.24) is 14.7 Å². The van der Waals surface area contributed by atoms with Crippen LogP contribution in [0, 0.1) is 0 Å². The topological polar surface area (TPSA) is 77.9 Å². The number of benzene rings is 2. The molecule has 9 heteroatoms. The van der Waals surface area contributed by atoms with Crippen molar-refractivity contribution >= 4 is 25.8 Å². The van der Waals surface area contributed by atoms with E-state index in [1.54, 1.807) is 4.90 Å². The van der Waals surface area contributed by atoms with Crippen molar-refractivity contribution in [2.45, 2.75) is 84.7 Å². The molecule has 1 N–H and O–H groups in total. The van der Waals surface area contributed by atoms with Crippen molar-refractivity contribution in [1.29, 1.82) is 0 Å². The van der Waals surface area contributed by atoms with E-state index in [2.05, 4.69) is 50.3 Å². The van der Waals surface area contributed by atoms with Gasteiger partial charge in [0.05, 0.1) is 24.2 Å². The molecule has 2 heterocycles. The van der Waals surface area contributed by atoms with Crippen molar-refractivity contribution < 1.29 is 18.7 Å². The molecule has 0 aliphatic carbocycles. The minimum Gasteiger partial charge on any atom is -0.544 e. The molecule has 3 aromatic rings. The van der Waals surface area contributed by atoms with Gasteiger partial charge in [0, 0.05) is 37.8 Å². The Balaban J connectivity index is 1.36. The molecule has 1 aliphatic rings. The first-order valence-corrected chi connectivity index (χ1v) is 17.3. The first-order chi connectivity index (χ1) is 19.1. The zero-order valence-corrected chi connectivity index (χ0v) is 27.1. The summed E-state index contributed by atoms with van der Waals surface area (Å²) in [6, 6.07) is 14.2. The molecule has 222 valence electrons. The van der Waals surface area contributed by atoms with Gasteiger partial charge in [-0.25, -0.2) is 4.79 Å². The number of aryl methyl sites for hydroxylation is 1. The van der Waals surface area contributed by atoms with E-state index in [0.717, 1.165) is 46.1 Å². The van der Waals surface area contributed by atoms with Crippen LogP contribution >= 0.6 is 0 Å². The lowest BCUT2D eigenvalue weighted by molar-refractivity contribution is 0.0223. The van der Waals surface area contributed by atoms with Gasteiger partial charge in [0.2, 0.25) is 8.32 Å². The standard InChI is InChI=1S/C32H46N4O4Si/c1-31(2,3)39-30(37)36-19-17-26-23(22-36)11-10-12-29(26)38-20-18-28-27(21-33-35(28)7)34-24-13-15-25(16-14-24)40-41(8,9)32(4,5)6/h10-16,21,34H,17-20,22H2,1-9H3. The third-order valence-corrected chi connectivity index (χ3v) is 12.2. The van der Waals surface area contributed by atoms with Crippen molar-refractivity contribution in [3.8, 4) is 11.5 Å². The Morgan fingerprint density at radius 2 is 1.76 bits per heavy atom. The van der Waals surface area contributed by atoms with Gasteiger partial charge in [-0.15, -0.1) is 0 Å². The van der Waals surface area contributed by atoms with Crippen LogP contribution in [0.4, 0.5) is 16.2 Å². The number of hydrogen-bond acceptors (Lipinski definition) is 6. The van der Waals surface area contributed by atoms with E-state index in [1.807, 2.05) is 75.1 Å². The van der Waals surface area contributed by atoms with Gasteiger partial charge >= 0.3 is 6.09 Å². The highest BCUT2D eigenvalue weighted by atomic mass is 28.4. The number of carbonyl (C=O) groups excluding carboxylic acids is 1. The summed E-state index contributed by atoms with van der Waals surface area (Å²) in [5, 5.41) is 8.14. The predicted octanol–water partition coefficient (Wildman–Crippen LogP) is 7.46. The number of hydrogen-bond donors (Lipinski definition) is 1. The molecule has 0 saturated carbocycles. The van der Waals surface area contributed by atoms with Gasteiger partial charge in [0.1, 0.15) is 17.1 Å². The average molecular weight is 579 g/mol. The van der Waals surface area contributed by atoms with Gasteiger partial charge in [0.25, 0.3) is 0 Å². The smallest absolute Gasteiger partial charge is 0.410 e. The molecule has 0 fully saturated rings. The Bertz CT molecular complexity index is 1350. The monoisotopic (exact) mass is 578 g/mol. The Morgan fingerprint density at radius 1 is 1.05 bits per heavy atom. The molecular weight excluding hydrogens is 532 g/mol. The number of nitrogens with one attached hydrogen (secondary N) is 1. The van der Waals surface area contributed by atoms with Gasteiger partial charge in [-0.3, -0.25) is 4.68 Å². The average Bonchev–Trinajstić information content (AvgIpc) is 3.22. The van der Waals surface area contributed by atoms with Crippen LogP contribution in [0.2, 0.25) is 18.1 Å². The van der Waals surface area contributed by atoms with E-state index in [-0.39, 0.29) is 11.1 Å². The highest BCUT2D eigenvalue weighted by molar-refractivity contribution is 6.74. The SMILES string of the molecule is Cn1ncc(Nc2ccc(O[Si](C)(C)C(C)(C)C)cc2)c1CCOc1cccc2c1CCN(C(=O)OC(C)(C)C)C2. The first-order valence-electron chi connectivity index (χ1n) is 14.4. The maximum atomic E-state index is 12.6. The molecule has 0 atom stereocenters. The molecular formula is C32H46N4O4Si. The Kier molecular flexibility index (Phi) is 8.78. The number of rotatable bonds is 8. The second-order valence-corrected chi connectivity index (χ2v) is 18.0. The number of amides is 1. The summed E-state index contributed by atoms with van der Waals surface area (Å²) in [6.07, 6.45) is 3.01. The fourth-order valence-corrected chi connectivity index (χ4v) is 5.55. The third kappa shape index (κ3) is 7.64. The van der Waals surface area contributed by atoms with Crippen molar-refractivity contribution in [2.24, 2.45) is 7.05 Å². The molecule has 0 saturated heterocycles. The second kappa shape index (κ2) is 11.8. The molecule has 0 radical (unpaired) electrons. The number of carbonyl (C=O) groups is 1. The van der Waals surface area contributed by atoms with E-state index in [1.165, 1.54) is 0 Å². The second-order valence-electron chi connectivity index (χ2n) is 13.3. The summed E-state index contributed by atoms with van der Waals surface area (Å²) in [7, 11) is 0.0675. The van der Waals surface area contributed by atoms with Gasteiger partial charge in [-0.1, -0.05) is 32.9 Å². The van der Waals surface area contributed by atoms with E-state index in [9.17, 15) is 4.79 Å². The summed E-state index contributed by atoms with van der Waals surface area (Å²) in [6.45, 7) is 18.6. The summed E-state index contributed by atoms with van der Waals surface area (Å²) in [4.78, 5) is 14.3. The van der Waals surface area contributed by atoms with Crippen LogP contribution < -0.4 is 14.5 Å². The fourth-order valence-electron chi connectivity index (χ4n) is 4.52. The van der Waals surface area contributed by atoms with Gasteiger partial charge in [-0.05, 0) is 81.2 Å². The first kappa shape index (κ1) is 30.5. The normalized spacial score (nSPS) is 13.9. The molecule has 1 aliphatic heterocycles. The zero-order valence-electron chi connectivity index (χ0n) is 26.1. The molecule has 41 heavy (non-hydrogen) atoms. The maximum absolute atomic E-state index is 12.6. The zero-order chi connectivity index (χ0) is 30.0. The van der Waals surface area contributed by atoms with Gasteiger partial charge in [-0.2, -0.15) is 5.10 Å². The predicted molar refractivity (Wildman–Crippen MR) is 167 cm³/mol. The summed E-state index contributed by atoms with van der Waals surface area (Å²) in [5.41, 5.74) is 4.75. The maximum Gasteiger partial charge on any atom is 0.410 e. The van der Waals surface area contributed by atoms with Crippen LogP contribution in [0.15, 0.2) is 48.7 Å². The summed E-state index contributed by atoms with van der Waals surface area (Å²) >= 11 is 0. The lowest BCUT2D eigenvalue weighted by atomic mass is 9.99. The molecule has 0 spiro atoms. The van der Waals surface area contributed by atoms with Crippen LogP contribution in [0.5, 0.6) is 11.5 Å². The third-order valence-electron chi connectivity index (χ3n) is 7.85. The van der Waals surface area contributed by atoms with Crippen LogP contribution in [0.25, 0.3) is 0 Å². The van der Waals surface area contributed by atoms with Crippen LogP contribution in [0.1, 0.15) is 58.4 Å². The Morgan fingerprint density at radius 3 is 2.41 bits per heavy atom. The summed E-state index contributed by atoms with van der Waals surface area (Å²) < 4.78 is 20.2. The van der Waals surface area contributed by atoms with Crippen LogP contribution in [-0.2, 0) is 31.2 Å². The molecule has 0 unspecified atom stereocenters. The van der Waals surface area contributed by atoms with E-state index >= 15 is 0 Å². The lowest BCUT2D eigenvalue weighted by Crippen LogP contribution is -2.43. The van der Waals surface area contributed by atoms with Crippen molar-refractivity contribution in [3.63, 3.8) is 0 Å². The highest BCUT2D eigenvalue weighted by Gasteiger charge is 2.39. The molecule has 4 rings (SSSR count). The van der Waals surface area contributed by atoms with Crippen molar-refractivity contribution in [3.05, 3.63) is 65.5 Å². The highest BCUT2D eigenvalue weighted by Crippen LogP contribution is 2.37. The minimum atomic E-state index is -1.88. The summed E-state index contributed by atoms with van der Waals surface area (Å²) in [5.74, 6) is 1.78. The number of anilines is 2. The Labute approximate surface area is 246 Å². The molecule has 1 amide bonds. The number of nitrogens with zero attached hydrogens (tertiary/aromatic N) is 3. The number of ether oxygens (including phenoxy) is 2. The number of aromatic nitrogens is 2. The largest absolute Gasteiger partial charge is 0.544 e. The van der Waals surface area contributed by atoms with Gasteiger partial charge in [0.15, 0.2) is 0 Å². The quantitative estimate of drug-likeness (QED) is 0.280. The van der Waals surface area contributed by atoms with E-state index in [4.69, 9.17) is 13.9 Å². The van der Waals surface area contributed by atoms with Crippen molar-refractivity contribution in [2.75, 3.05) is 18.5 Å². The van der Waals surface area contributed by atoms with Crippen LogP contribution in [0.3, 0.4) is 0 Å². The van der Waals surface area contributed by atoms with Crippen LogP contribution in [-0.4, -0.2) is 47.8 Å². The molecule has 2 aromatic carbocycles. The fraction of sp³-hybridized carbons (Fsp3) is 0.500. The minimum absolute atomic E-state index is 0.149. The molecule has 8 nitrogen and oxygen atoms in total. The molecule has 0 bridgehead atoms. The van der Waals surface area contributed by atoms with E-state index in [0.29, 0.717) is 26.1 Å². The lowest BCUT2D eigenvalue weighted by Gasteiger charge is -2.36. The van der Waals surface area contributed by atoms with Gasteiger partial charge < -0.3 is 24.1 Å². The molecule has 1 aromatic heterocycles. The number of fused-ring (bicyclic) bond motifs is 1. The Hall–Kier alpha value is -3.46. The van der Waals surface area contributed by atoms with E-state index < -0.39 is 13.9 Å².